The van der Waals surface area contributed by atoms with Gasteiger partial charge in [0.15, 0.2) is 11.6 Å². The predicted octanol–water partition coefficient (Wildman–Crippen LogP) is 9.15. The van der Waals surface area contributed by atoms with Crippen LogP contribution < -0.4 is 25.1 Å². The average Bonchev–Trinajstić information content (AvgIpc) is 4.02. The summed E-state index contributed by atoms with van der Waals surface area (Å²) < 4.78 is 45.9. The lowest BCUT2D eigenvalue weighted by atomic mass is 10.0. The summed E-state index contributed by atoms with van der Waals surface area (Å²) in [5.74, 6) is 2.46. The van der Waals surface area contributed by atoms with Gasteiger partial charge in [0.1, 0.15) is 21.5 Å². The Balaban J connectivity index is 0.000000178. The summed E-state index contributed by atoms with van der Waals surface area (Å²) in [4.78, 5) is 16.6. The van der Waals surface area contributed by atoms with E-state index < -0.39 is 10.2 Å². The van der Waals surface area contributed by atoms with Crippen molar-refractivity contribution < 1.29 is 17.9 Å². The third-order valence-electron chi connectivity index (χ3n) is 9.61. The molecule has 2 aromatic heterocycles. The molecular weight excluding hydrogens is 791 g/mol. The van der Waals surface area contributed by atoms with Crippen LogP contribution in [0.15, 0.2) is 72.8 Å². The lowest BCUT2D eigenvalue weighted by Gasteiger charge is -2.12. The molecule has 296 valence electrons. The van der Waals surface area contributed by atoms with Crippen LogP contribution in [0.1, 0.15) is 74.9 Å². The number of aromatic nitrogens is 4. The van der Waals surface area contributed by atoms with Gasteiger partial charge in [0.25, 0.3) is 10.2 Å². The van der Waals surface area contributed by atoms with E-state index in [0.717, 1.165) is 57.1 Å². The number of nitrogens with one attached hydrogen (secondary N) is 1. The number of hydrogen-bond donors (Lipinski definition) is 3. The van der Waals surface area contributed by atoms with Gasteiger partial charge >= 0.3 is 0 Å². The van der Waals surface area contributed by atoms with Gasteiger partial charge in [-0.25, -0.2) is 24.8 Å². The van der Waals surface area contributed by atoms with E-state index in [-0.39, 0.29) is 24.3 Å². The molecule has 8 rings (SSSR count). The van der Waals surface area contributed by atoms with Crippen molar-refractivity contribution >= 4 is 44.6 Å². The monoisotopic (exact) mass is 831 g/mol. The van der Waals surface area contributed by atoms with Gasteiger partial charge in [-0.1, -0.05) is 48.5 Å². The van der Waals surface area contributed by atoms with Crippen molar-refractivity contribution in [1.82, 2.24) is 23.4 Å². The van der Waals surface area contributed by atoms with E-state index in [0.29, 0.717) is 46.5 Å². The highest BCUT2D eigenvalue weighted by Crippen LogP contribution is 2.41. The second-order valence-corrected chi connectivity index (χ2v) is 17.2. The van der Waals surface area contributed by atoms with E-state index in [1.165, 1.54) is 34.2 Å². The van der Waals surface area contributed by atoms with Crippen molar-refractivity contribution in [2.24, 2.45) is 10.9 Å². The number of ether oxygens (including phenoxy) is 2. The molecule has 0 aliphatic heterocycles. The lowest BCUT2D eigenvalue weighted by Crippen LogP contribution is -2.33. The Morgan fingerprint density at radius 2 is 1.22 bits per heavy atom. The molecule has 5 N–H and O–H groups in total. The largest absolute Gasteiger partial charge is 0.502 e. The highest BCUT2D eigenvalue weighted by Gasteiger charge is 2.29. The first-order chi connectivity index (χ1) is 27.8. The molecule has 2 aliphatic rings. The van der Waals surface area contributed by atoms with Crippen molar-refractivity contribution in [2.45, 2.75) is 77.7 Å². The fraction of sp³-hybridized carbons (Fsp3) is 0.286. The van der Waals surface area contributed by atoms with Crippen LogP contribution in [0, 0.1) is 13.1 Å². The standard InChI is InChI=1S/C21H21N5O3S2.C21H20N4OS/c1-12(2)29-19-10-7-13(11-18(19)23-3)21-24-20(25-30-21)16-6-4-5-15-14(16)8-9-17(15)26-31(22,27)28;1-12(2)26-19-10-7-13(11-18(19)23-3)21-24-20(25-27-21)16-6-4-5-15-14(16)8-9-17(15)22/h4-7,10-12,17,26H,8-9H2,1-2H3,(H2,22,27,28);4-7,10-12,17H,8-9,22H2,1-2H3/t2*17-/m00/s1. The van der Waals surface area contributed by atoms with Crippen LogP contribution in [-0.2, 0) is 23.1 Å². The summed E-state index contributed by atoms with van der Waals surface area (Å²) in [5.41, 5.74) is 15.1. The Bertz CT molecular complexity index is 2680. The summed E-state index contributed by atoms with van der Waals surface area (Å²) in [6, 6.07) is 22.7. The van der Waals surface area contributed by atoms with E-state index in [9.17, 15) is 8.42 Å². The molecule has 0 bridgehead atoms. The van der Waals surface area contributed by atoms with Crippen LogP contribution in [-0.4, -0.2) is 39.3 Å². The first-order valence-corrected chi connectivity index (χ1v) is 21.8. The van der Waals surface area contributed by atoms with Crippen LogP contribution in [0.3, 0.4) is 0 Å². The minimum atomic E-state index is -3.79. The minimum absolute atomic E-state index is 0.0211. The van der Waals surface area contributed by atoms with Gasteiger partial charge in [-0.3, -0.25) is 0 Å². The van der Waals surface area contributed by atoms with E-state index >= 15 is 0 Å². The van der Waals surface area contributed by atoms with E-state index in [4.69, 9.17) is 43.5 Å². The molecule has 0 spiro atoms. The molecule has 0 radical (unpaired) electrons. The summed E-state index contributed by atoms with van der Waals surface area (Å²) in [6.07, 6.45) is 3.27. The molecule has 2 heterocycles. The number of nitrogens with two attached hydrogens (primary N) is 2. The van der Waals surface area contributed by atoms with Crippen molar-refractivity contribution in [3.05, 3.63) is 118 Å². The number of hydrogen-bond acceptors (Lipinski definition) is 11. The Labute approximate surface area is 346 Å². The molecule has 0 saturated carbocycles. The summed E-state index contributed by atoms with van der Waals surface area (Å²) in [7, 11) is -3.79. The molecule has 2 atom stereocenters. The molecule has 16 heteroatoms. The number of fused-ring (bicyclic) bond motifs is 2. The van der Waals surface area contributed by atoms with E-state index in [2.05, 4.69) is 35.3 Å². The Morgan fingerprint density at radius 3 is 1.71 bits per heavy atom. The normalized spacial score (nSPS) is 15.6. The van der Waals surface area contributed by atoms with Gasteiger partial charge in [-0.15, -0.1) is 0 Å². The van der Waals surface area contributed by atoms with Crippen LogP contribution in [0.2, 0.25) is 0 Å². The maximum atomic E-state index is 11.5. The first-order valence-electron chi connectivity index (χ1n) is 18.7. The second-order valence-electron chi connectivity index (χ2n) is 14.4. The summed E-state index contributed by atoms with van der Waals surface area (Å²) in [6.45, 7) is 22.6. The molecule has 0 unspecified atom stereocenters. The molecule has 4 aromatic carbocycles. The maximum absolute atomic E-state index is 11.5. The predicted molar refractivity (Wildman–Crippen MR) is 228 cm³/mol. The average molecular weight is 832 g/mol. The van der Waals surface area contributed by atoms with Gasteiger partial charge in [0.05, 0.1) is 25.4 Å². The van der Waals surface area contributed by atoms with Crippen LogP contribution in [0.25, 0.3) is 53.6 Å². The molecular formula is C42H41N9O4S3. The van der Waals surface area contributed by atoms with Crippen molar-refractivity contribution in [2.75, 3.05) is 0 Å². The van der Waals surface area contributed by atoms with Crippen molar-refractivity contribution in [1.29, 1.82) is 0 Å². The molecule has 6 aromatic rings. The second kappa shape index (κ2) is 17.1. The number of benzene rings is 4. The summed E-state index contributed by atoms with van der Waals surface area (Å²) >= 11 is 2.60. The highest BCUT2D eigenvalue weighted by atomic mass is 32.2. The Kier molecular flexibility index (Phi) is 12.0. The van der Waals surface area contributed by atoms with Gasteiger partial charge < -0.3 is 15.2 Å². The third-order valence-corrected chi connectivity index (χ3v) is 11.7. The lowest BCUT2D eigenvalue weighted by molar-refractivity contribution is 0.244. The van der Waals surface area contributed by atoms with E-state index in [1.54, 1.807) is 12.1 Å². The Morgan fingerprint density at radius 1 is 0.741 bits per heavy atom. The highest BCUT2D eigenvalue weighted by molar-refractivity contribution is 7.87. The zero-order chi connectivity index (χ0) is 41.1. The zero-order valence-corrected chi connectivity index (χ0v) is 34.7. The third kappa shape index (κ3) is 8.93. The molecule has 13 nitrogen and oxygen atoms in total. The molecule has 2 aliphatic carbocycles. The van der Waals surface area contributed by atoms with Gasteiger partial charge in [-0.2, -0.15) is 21.9 Å². The van der Waals surface area contributed by atoms with Crippen LogP contribution >= 0.6 is 23.1 Å². The summed E-state index contributed by atoms with van der Waals surface area (Å²) in [5, 5.41) is 6.66. The topological polar surface area (TPSA) is 177 Å². The minimum Gasteiger partial charge on any atom is -0.502 e. The van der Waals surface area contributed by atoms with Gasteiger partial charge in [0, 0.05) is 34.3 Å². The van der Waals surface area contributed by atoms with Crippen LogP contribution in [0.5, 0.6) is 11.5 Å². The van der Waals surface area contributed by atoms with Crippen molar-refractivity contribution in [3.63, 3.8) is 0 Å². The van der Waals surface area contributed by atoms with E-state index in [1.807, 2.05) is 76.2 Å². The SMILES string of the molecule is [C-]#[N+]c1cc(-c2nc(-c3cccc4c3CC[C@@H]4N)ns2)ccc1OC(C)C.[C-]#[N+]c1cc(-c2nc(-c3cccc4c3CC[C@@H]4NS(N)(=O)=O)ns2)ccc1OC(C)C. The molecule has 0 fully saturated rings. The van der Waals surface area contributed by atoms with Gasteiger partial charge in [-0.05, 0) is 123 Å². The van der Waals surface area contributed by atoms with Crippen LogP contribution in [0.4, 0.5) is 11.4 Å². The quantitative estimate of drug-likeness (QED) is 0.114. The first kappa shape index (κ1) is 40.6. The molecule has 0 saturated heterocycles. The molecule has 0 amide bonds. The fourth-order valence-corrected chi connectivity index (χ4v) is 9.15. The number of nitrogens with zero attached hydrogens (tertiary/aromatic N) is 6. The maximum Gasteiger partial charge on any atom is 0.274 e. The molecule has 58 heavy (non-hydrogen) atoms. The van der Waals surface area contributed by atoms with Gasteiger partial charge in [0.2, 0.25) is 11.4 Å². The Hall–Kier alpha value is -5.59. The fourth-order valence-electron chi connectivity index (χ4n) is 7.16. The van der Waals surface area contributed by atoms with Crippen molar-refractivity contribution in [3.8, 4) is 55.4 Å². The zero-order valence-electron chi connectivity index (χ0n) is 32.3. The number of rotatable bonds is 10. The smallest absolute Gasteiger partial charge is 0.274 e.